The average Bonchev–Trinajstić information content (AvgIpc) is 2.78. The highest BCUT2D eigenvalue weighted by atomic mass is 79.9. The lowest BCUT2D eigenvalue weighted by molar-refractivity contribution is -0.309. The van der Waals surface area contributed by atoms with Crippen molar-refractivity contribution in [2.75, 3.05) is 5.33 Å². The molecule has 0 amide bonds. The lowest BCUT2D eigenvalue weighted by Crippen LogP contribution is -2.61. The first-order chi connectivity index (χ1) is 16.2. The molecule has 0 radical (unpaired) electrons. The van der Waals surface area contributed by atoms with Crippen molar-refractivity contribution in [2.24, 2.45) is 0 Å². The Kier molecular flexibility index (Phi) is 10.3. The van der Waals surface area contributed by atoms with Gasteiger partial charge in [0.2, 0.25) is 0 Å². The molecular weight excluding hydrogens is 580 g/mol. The molecular formula is C23H30Br2O9. The number of carbonyl (C=O) groups excluding carboxylic acids is 2. The van der Waals surface area contributed by atoms with Crippen LogP contribution in [0.25, 0.3) is 0 Å². The predicted molar refractivity (Wildman–Crippen MR) is 127 cm³/mol. The smallest absolute Gasteiger partial charge is 0.303 e. The second kappa shape index (κ2) is 12.8. The van der Waals surface area contributed by atoms with Crippen LogP contribution in [0.2, 0.25) is 0 Å². The Morgan fingerprint density at radius 2 is 1.71 bits per heavy atom. The summed E-state index contributed by atoms with van der Waals surface area (Å²) in [5, 5.41) is 10.5. The van der Waals surface area contributed by atoms with E-state index in [9.17, 15) is 14.7 Å². The zero-order valence-corrected chi connectivity index (χ0v) is 22.3. The van der Waals surface area contributed by atoms with E-state index in [0.717, 1.165) is 5.56 Å². The van der Waals surface area contributed by atoms with Gasteiger partial charge in [0, 0.05) is 25.6 Å². The highest BCUT2D eigenvalue weighted by molar-refractivity contribution is 9.09. The van der Waals surface area contributed by atoms with Gasteiger partial charge in [0.1, 0.15) is 17.0 Å². The molecule has 2 aliphatic heterocycles. The maximum absolute atomic E-state index is 11.8. The van der Waals surface area contributed by atoms with Crippen LogP contribution in [0, 0.1) is 0 Å². The number of aliphatic hydroxyl groups is 1. The van der Waals surface area contributed by atoms with Gasteiger partial charge in [0.25, 0.3) is 0 Å². The van der Waals surface area contributed by atoms with Gasteiger partial charge in [-0.05, 0) is 12.5 Å². The summed E-state index contributed by atoms with van der Waals surface area (Å²) in [7, 11) is 0. The van der Waals surface area contributed by atoms with Crippen molar-refractivity contribution in [3.05, 3.63) is 35.9 Å². The van der Waals surface area contributed by atoms with Crippen molar-refractivity contribution >= 4 is 43.8 Å². The summed E-state index contributed by atoms with van der Waals surface area (Å²) in [5.41, 5.74) is 0.987. The summed E-state index contributed by atoms with van der Waals surface area (Å²) in [6.45, 7) is 4.68. The van der Waals surface area contributed by atoms with Gasteiger partial charge in [-0.2, -0.15) is 0 Å². The lowest BCUT2D eigenvalue weighted by atomic mass is 9.99. The fourth-order valence-corrected chi connectivity index (χ4v) is 5.25. The third-order valence-electron chi connectivity index (χ3n) is 5.56. The van der Waals surface area contributed by atoms with Gasteiger partial charge in [0.05, 0.1) is 18.8 Å². The fourth-order valence-electron chi connectivity index (χ4n) is 4.07. The van der Waals surface area contributed by atoms with Crippen LogP contribution in [0.3, 0.4) is 0 Å². The molecule has 0 aromatic heterocycles. The summed E-state index contributed by atoms with van der Waals surface area (Å²) in [6.07, 6.45) is -5.55. The first kappa shape index (κ1) is 27.5. The van der Waals surface area contributed by atoms with Gasteiger partial charge in [-0.3, -0.25) is 9.59 Å². The summed E-state index contributed by atoms with van der Waals surface area (Å²) in [4.78, 5) is 22.8. The van der Waals surface area contributed by atoms with Crippen LogP contribution in [0.1, 0.15) is 32.8 Å². The van der Waals surface area contributed by atoms with E-state index < -0.39 is 66.0 Å². The minimum atomic E-state index is -0.986. The van der Waals surface area contributed by atoms with Gasteiger partial charge < -0.3 is 33.5 Å². The average molecular weight is 610 g/mol. The molecule has 2 fully saturated rings. The van der Waals surface area contributed by atoms with Crippen molar-refractivity contribution in [1.29, 1.82) is 0 Å². The molecule has 0 saturated carbocycles. The SMILES string of the molecule is CC(=O)O[C@@H]1[C@H](Br)[C@@H](O[C@@H]2[C@@H](C)O[C@H](O)C[C@H]2OCc2ccccc2)O[C@H](CBr)[C@H]1OC(C)=O. The van der Waals surface area contributed by atoms with Crippen LogP contribution >= 0.6 is 31.9 Å². The molecule has 9 nitrogen and oxygen atoms in total. The number of aliphatic hydroxyl groups excluding tert-OH is 1. The van der Waals surface area contributed by atoms with Crippen molar-refractivity contribution in [3.63, 3.8) is 0 Å². The van der Waals surface area contributed by atoms with E-state index in [1.165, 1.54) is 13.8 Å². The second-order valence-electron chi connectivity index (χ2n) is 8.26. The largest absolute Gasteiger partial charge is 0.457 e. The number of halogens is 2. The van der Waals surface area contributed by atoms with Crippen molar-refractivity contribution in [2.45, 2.75) is 87.8 Å². The Labute approximate surface area is 215 Å². The number of rotatable bonds is 8. The first-order valence-electron chi connectivity index (χ1n) is 11.0. The Hall–Kier alpha value is -1.08. The Bertz CT molecular complexity index is 811. The second-order valence-corrected chi connectivity index (χ2v) is 9.96. The first-order valence-corrected chi connectivity index (χ1v) is 13.1. The van der Waals surface area contributed by atoms with Crippen LogP contribution < -0.4 is 0 Å². The zero-order chi connectivity index (χ0) is 24.8. The van der Waals surface area contributed by atoms with E-state index in [1.54, 1.807) is 6.92 Å². The number of hydrogen-bond donors (Lipinski definition) is 1. The van der Waals surface area contributed by atoms with Gasteiger partial charge in [-0.25, -0.2) is 0 Å². The van der Waals surface area contributed by atoms with E-state index in [4.69, 9.17) is 28.4 Å². The predicted octanol–water partition coefficient (Wildman–Crippen LogP) is 2.83. The molecule has 2 saturated heterocycles. The van der Waals surface area contributed by atoms with Crippen LogP contribution in [0.15, 0.2) is 30.3 Å². The van der Waals surface area contributed by atoms with E-state index in [1.807, 2.05) is 30.3 Å². The van der Waals surface area contributed by atoms with Crippen molar-refractivity contribution in [1.82, 2.24) is 0 Å². The van der Waals surface area contributed by atoms with E-state index in [0.29, 0.717) is 11.9 Å². The van der Waals surface area contributed by atoms with Crippen molar-refractivity contribution in [3.8, 4) is 0 Å². The molecule has 34 heavy (non-hydrogen) atoms. The Morgan fingerprint density at radius 1 is 1.06 bits per heavy atom. The molecule has 1 N–H and O–H groups in total. The molecule has 11 heteroatoms. The third-order valence-corrected chi connectivity index (χ3v) is 7.15. The molecule has 0 bridgehead atoms. The number of hydrogen-bond acceptors (Lipinski definition) is 9. The van der Waals surface area contributed by atoms with Gasteiger partial charge >= 0.3 is 11.9 Å². The molecule has 1 aromatic rings. The minimum Gasteiger partial charge on any atom is -0.457 e. The number of esters is 2. The molecule has 2 heterocycles. The van der Waals surface area contributed by atoms with E-state index >= 15 is 0 Å². The molecule has 9 atom stereocenters. The summed E-state index contributed by atoms with van der Waals surface area (Å²) in [6, 6.07) is 9.68. The van der Waals surface area contributed by atoms with Crippen LogP contribution in [0.5, 0.6) is 0 Å². The number of carbonyl (C=O) groups is 2. The van der Waals surface area contributed by atoms with Gasteiger partial charge in [-0.1, -0.05) is 62.2 Å². The van der Waals surface area contributed by atoms with Crippen LogP contribution in [-0.2, 0) is 44.6 Å². The van der Waals surface area contributed by atoms with Crippen LogP contribution in [-0.4, -0.2) is 76.4 Å². The van der Waals surface area contributed by atoms with Gasteiger partial charge in [0.15, 0.2) is 24.8 Å². The Morgan fingerprint density at radius 3 is 2.32 bits per heavy atom. The maximum atomic E-state index is 11.8. The Balaban J connectivity index is 1.77. The topological polar surface area (TPSA) is 110 Å². The summed E-state index contributed by atoms with van der Waals surface area (Å²) >= 11 is 6.91. The standard InChI is InChI=1S/C23H30Br2O9/c1-12-20(16(9-18(28)30-12)29-11-15-7-5-4-6-8-15)34-23-19(25)22(32-14(3)27)21(31-13(2)26)17(10-24)33-23/h4-8,12,16-23,28H,9-11H2,1-3H3/t12-,16-,17-,18+,19+,20-,21-,22-,23-/m1/s1. The van der Waals surface area contributed by atoms with E-state index in [-0.39, 0.29) is 6.42 Å². The van der Waals surface area contributed by atoms with Crippen LogP contribution in [0.4, 0.5) is 0 Å². The minimum absolute atomic E-state index is 0.215. The summed E-state index contributed by atoms with van der Waals surface area (Å²) in [5.74, 6) is -1.05. The summed E-state index contributed by atoms with van der Waals surface area (Å²) < 4.78 is 35.1. The quantitative estimate of drug-likeness (QED) is 0.351. The molecule has 2 aliphatic rings. The maximum Gasteiger partial charge on any atom is 0.303 e. The van der Waals surface area contributed by atoms with Gasteiger partial charge in [-0.15, -0.1) is 0 Å². The van der Waals surface area contributed by atoms with E-state index in [2.05, 4.69) is 31.9 Å². The molecule has 190 valence electrons. The normalized spacial score (nSPS) is 36.0. The molecule has 0 spiro atoms. The van der Waals surface area contributed by atoms with Crippen molar-refractivity contribution < 1.29 is 43.1 Å². The number of alkyl halides is 2. The fraction of sp³-hybridized carbons (Fsp3) is 0.652. The molecule has 0 aliphatic carbocycles. The highest BCUT2D eigenvalue weighted by Gasteiger charge is 2.51. The highest BCUT2D eigenvalue weighted by Crippen LogP contribution is 2.35. The molecule has 1 aromatic carbocycles. The third kappa shape index (κ3) is 7.22. The monoisotopic (exact) mass is 608 g/mol. The number of benzene rings is 1. The zero-order valence-electron chi connectivity index (χ0n) is 19.2. The number of ether oxygens (including phenoxy) is 6. The lowest BCUT2D eigenvalue weighted by Gasteiger charge is -2.46. The molecule has 0 unspecified atom stereocenters. The molecule has 3 rings (SSSR count).